The van der Waals surface area contributed by atoms with Gasteiger partial charge in [-0.3, -0.25) is 0 Å². The van der Waals surface area contributed by atoms with E-state index in [4.69, 9.17) is 0 Å². The Morgan fingerprint density at radius 2 is 1.83 bits per heavy atom. The van der Waals surface area contributed by atoms with Crippen LogP contribution in [0, 0.1) is 11.3 Å². The first kappa shape index (κ1) is 22.5. The third-order valence-corrected chi connectivity index (χ3v) is 7.50. The first-order valence-corrected chi connectivity index (χ1v) is 11.5. The summed E-state index contributed by atoms with van der Waals surface area (Å²) < 4.78 is 0. The second-order valence-electron chi connectivity index (χ2n) is 10.4. The fourth-order valence-corrected chi connectivity index (χ4v) is 5.66. The molecular formula is C26H40O3. The van der Waals surface area contributed by atoms with Crippen molar-refractivity contribution < 1.29 is 15.3 Å². The van der Waals surface area contributed by atoms with Crippen molar-refractivity contribution in [1.29, 1.82) is 0 Å². The van der Waals surface area contributed by atoms with Crippen molar-refractivity contribution in [3.63, 3.8) is 0 Å². The minimum absolute atomic E-state index is 0.275. The number of hydrogen-bond donors (Lipinski definition) is 3. The molecule has 0 heterocycles. The summed E-state index contributed by atoms with van der Waals surface area (Å²) in [6.07, 6.45) is 15.9. The van der Waals surface area contributed by atoms with Crippen LogP contribution in [0.5, 0.6) is 0 Å². The molecule has 0 bridgehead atoms. The van der Waals surface area contributed by atoms with Gasteiger partial charge >= 0.3 is 0 Å². The highest BCUT2D eigenvalue weighted by Crippen LogP contribution is 2.57. The van der Waals surface area contributed by atoms with E-state index in [9.17, 15) is 15.3 Å². The molecular weight excluding hydrogens is 360 g/mol. The Kier molecular flexibility index (Phi) is 6.92. The van der Waals surface area contributed by atoms with Crippen LogP contribution in [-0.2, 0) is 0 Å². The fourth-order valence-electron chi connectivity index (χ4n) is 5.66. The van der Waals surface area contributed by atoms with Gasteiger partial charge in [0.1, 0.15) is 0 Å². The normalized spacial score (nSPS) is 36.0. The maximum atomic E-state index is 10.1. The van der Waals surface area contributed by atoms with Gasteiger partial charge in [-0.15, -0.1) is 0 Å². The van der Waals surface area contributed by atoms with E-state index in [1.807, 2.05) is 13.8 Å². The quantitative estimate of drug-likeness (QED) is 0.429. The van der Waals surface area contributed by atoms with E-state index in [1.165, 1.54) is 25.7 Å². The number of allylic oxidation sites excluding steroid dienone is 5. The number of aliphatic hydroxyl groups is 3. The molecule has 3 N–H and O–H groups in total. The van der Waals surface area contributed by atoms with Crippen LogP contribution in [0.1, 0.15) is 85.0 Å². The summed E-state index contributed by atoms with van der Waals surface area (Å²) in [5.41, 5.74) is 4.54. The molecule has 0 aromatic rings. The summed E-state index contributed by atoms with van der Waals surface area (Å²) in [5, 5.41) is 30.1. The minimum atomic E-state index is -0.620. The predicted molar refractivity (Wildman–Crippen MR) is 119 cm³/mol. The van der Waals surface area contributed by atoms with E-state index < -0.39 is 17.8 Å². The van der Waals surface area contributed by atoms with Crippen LogP contribution in [0.25, 0.3) is 0 Å². The van der Waals surface area contributed by atoms with Gasteiger partial charge in [0, 0.05) is 0 Å². The summed E-state index contributed by atoms with van der Waals surface area (Å²) in [6.45, 7) is 10.0. The Morgan fingerprint density at radius 3 is 2.48 bits per heavy atom. The lowest BCUT2D eigenvalue weighted by Crippen LogP contribution is -2.29. The number of fused-ring (bicyclic) bond motifs is 1. The Bertz CT molecular complexity index is 690. The lowest BCUT2D eigenvalue weighted by Gasteiger charge is -2.39. The van der Waals surface area contributed by atoms with Gasteiger partial charge in [0.2, 0.25) is 0 Å². The van der Waals surface area contributed by atoms with Gasteiger partial charge in [-0.2, -0.15) is 0 Å². The van der Waals surface area contributed by atoms with Crippen LogP contribution in [0.2, 0.25) is 0 Å². The molecule has 3 aliphatic rings. The molecule has 0 aromatic heterocycles. The van der Waals surface area contributed by atoms with Crippen molar-refractivity contribution >= 4 is 0 Å². The molecule has 0 spiro atoms. The van der Waals surface area contributed by atoms with Crippen LogP contribution in [0.4, 0.5) is 0 Å². The van der Waals surface area contributed by atoms with Crippen molar-refractivity contribution in [2.75, 3.05) is 0 Å². The highest BCUT2D eigenvalue weighted by molar-refractivity contribution is 5.33. The lowest BCUT2D eigenvalue weighted by atomic mass is 9.65. The summed E-state index contributed by atoms with van der Waals surface area (Å²) in [4.78, 5) is 0. The second kappa shape index (κ2) is 8.91. The molecule has 0 aliphatic heterocycles. The van der Waals surface area contributed by atoms with Crippen LogP contribution in [-0.4, -0.2) is 33.1 Å². The van der Waals surface area contributed by atoms with Crippen molar-refractivity contribution in [2.45, 2.75) is 103 Å². The SMILES string of the molecule is C=C1C(O)CC(=CC=C2CCCC3(C)C(=CCCCC(C)(C)O)CCC23)CC1O. The predicted octanol–water partition coefficient (Wildman–Crippen LogP) is 5.38. The van der Waals surface area contributed by atoms with Gasteiger partial charge in [0.05, 0.1) is 17.8 Å². The van der Waals surface area contributed by atoms with E-state index in [2.05, 4.69) is 31.7 Å². The van der Waals surface area contributed by atoms with Gasteiger partial charge in [-0.1, -0.05) is 48.5 Å². The molecule has 0 aromatic carbocycles. The minimum Gasteiger partial charge on any atom is -0.390 e. The van der Waals surface area contributed by atoms with E-state index in [0.29, 0.717) is 24.3 Å². The van der Waals surface area contributed by atoms with E-state index in [-0.39, 0.29) is 5.41 Å². The number of unbranched alkanes of at least 4 members (excludes halogenated alkanes) is 1. The van der Waals surface area contributed by atoms with Crippen molar-refractivity contribution in [2.24, 2.45) is 11.3 Å². The molecule has 3 fully saturated rings. The third-order valence-electron chi connectivity index (χ3n) is 7.50. The zero-order valence-corrected chi connectivity index (χ0v) is 18.6. The second-order valence-corrected chi connectivity index (χ2v) is 10.4. The molecule has 3 rings (SSSR count). The topological polar surface area (TPSA) is 60.7 Å². The average Bonchev–Trinajstić information content (AvgIpc) is 2.97. The summed E-state index contributed by atoms with van der Waals surface area (Å²) in [5.74, 6) is 0.613. The number of rotatable bonds is 5. The van der Waals surface area contributed by atoms with Crippen molar-refractivity contribution in [3.8, 4) is 0 Å². The molecule has 3 nitrogen and oxygen atoms in total. The van der Waals surface area contributed by atoms with Gasteiger partial charge in [-0.25, -0.2) is 0 Å². The molecule has 3 heteroatoms. The first-order chi connectivity index (χ1) is 13.6. The molecule has 3 saturated carbocycles. The van der Waals surface area contributed by atoms with E-state index >= 15 is 0 Å². The maximum absolute atomic E-state index is 10.1. The molecule has 4 unspecified atom stereocenters. The highest BCUT2D eigenvalue weighted by Gasteiger charge is 2.45. The average molecular weight is 401 g/mol. The number of hydrogen-bond acceptors (Lipinski definition) is 3. The Balaban J connectivity index is 1.69. The van der Waals surface area contributed by atoms with Gasteiger partial charge < -0.3 is 15.3 Å². The summed E-state index contributed by atoms with van der Waals surface area (Å²) in [7, 11) is 0. The zero-order valence-electron chi connectivity index (χ0n) is 18.6. The van der Waals surface area contributed by atoms with Gasteiger partial charge in [0.15, 0.2) is 0 Å². The Morgan fingerprint density at radius 1 is 1.14 bits per heavy atom. The van der Waals surface area contributed by atoms with Crippen LogP contribution >= 0.6 is 0 Å². The lowest BCUT2D eigenvalue weighted by molar-refractivity contribution is 0.0691. The monoisotopic (exact) mass is 400 g/mol. The van der Waals surface area contributed by atoms with E-state index in [0.717, 1.165) is 31.3 Å². The van der Waals surface area contributed by atoms with Gasteiger partial charge in [-0.05, 0) is 95.0 Å². The summed E-state index contributed by atoms with van der Waals surface area (Å²) >= 11 is 0. The standard InChI is InChI=1S/C26H40O3/c1-18-23(27)16-19(17-24(18)28)10-11-20-8-7-15-26(4)21(12-13-22(20)26)9-5-6-14-25(2,3)29/h9-11,22-24,27-29H,1,5-8,12-17H2,2-4H3. The molecule has 0 saturated heterocycles. The van der Waals surface area contributed by atoms with Crippen molar-refractivity contribution in [1.82, 2.24) is 0 Å². The van der Waals surface area contributed by atoms with Crippen LogP contribution in [0.15, 0.2) is 47.1 Å². The maximum Gasteiger partial charge on any atom is 0.0809 e. The third kappa shape index (κ3) is 5.31. The molecule has 0 radical (unpaired) electrons. The summed E-state index contributed by atoms with van der Waals surface area (Å²) in [6, 6.07) is 0. The van der Waals surface area contributed by atoms with Crippen LogP contribution < -0.4 is 0 Å². The largest absolute Gasteiger partial charge is 0.390 e. The van der Waals surface area contributed by atoms with Crippen LogP contribution in [0.3, 0.4) is 0 Å². The fraction of sp³-hybridized carbons (Fsp3) is 0.692. The molecule has 4 atom stereocenters. The molecule has 3 aliphatic carbocycles. The smallest absolute Gasteiger partial charge is 0.0809 e. The Hall–Kier alpha value is -1.16. The van der Waals surface area contributed by atoms with E-state index in [1.54, 1.807) is 11.1 Å². The first-order valence-electron chi connectivity index (χ1n) is 11.5. The zero-order chi connectivity index (χ0) is 21.2. The Labute approximate surface area is 176 Å². The number of aliphatic hydroxyl groups excluding tert-OH is 2. The molecule has 162 valence electrons. The molecule has 0 amide bonds. The van der Waals surface area contributed by atoms with Gasteiger partial charge in [0.25, 0.3) is 0 Å². The molecule has 29 heavy (non-hydrogen) atoms. The highest BCUT2D eigenvalue weighted by atomic mass is 16.3. The van der Waals surface area contributed by atoms with Crippen molar-refractivity contribution in [3.05, 3.63) is 47.1 Å².